The standard InChI is InChI=1S/C8H7NS4/c10-5-7(11)6-12-13-8-1-3-9-4-2-8/h1-5H,6H2. The van der Waals surface area contributed by atoms with E-state index in [1.807, 2.05) is 12.1 Å². The fourth-order valence-corrected chi connectivity index (χ4v) is 3.10. The molecule has 1 aromatic rings. The molecule has 1 heterocycles. The first-order valence-corrected chi connectivity index (χ1v) is 6.70. The van der Waals surface area contributed by atoms with Gasteiger partial charge in [-0.05, 0) is 12.1 Å². The van der Waals surface area contributed by atoms with Crippen LogP contribution >= 0.6 is 46.0 Å². The van der Waals surface area contributed by atoms with Crippen LogP contribution in [0, 0.1) is 0 Å². The first-order chi connectivity index (χ1) is 6.33. The van der Waals surface area contributed by atoms with Crippen LogP contribution in [0.15, 0.2) is 29.4 Å². The van der Waals surface area contributed by atoms with Crippen LogP contribution in [0.25, 0.3) is 0 Å². The van der Waals surface area contributed by atoms with E-state index >= 15 is 0 Å². The van der Waals surface area contributed by atoms with Crippen molar-refractivity contribution in [3.8, 4) is 0 Å². The second-order valence-electron chi connectivity index (χ2n) is 2.11. The molecule has 0 aliphatic heterocycles. The predicted octanol–water partition coefficient (Wildman–Crippen LogP) is 3.19. The number of aromatic nitrogens is 1. The maximum absolute atomic E-state index is 4.96. The zero-order chi connectivity index (χ0) is 9.52. The summed E-state index contributed by atoms with van der Waals surface area (Å²) in [7, 11) is 3.38. The van der Waals surface area contributed by atoms with E-state index in [4.69, 9.17) is 24.4 Å². The average Bonchev–Trinajstić information content (AvgIpc) is 2.19. The Morgan fingerprint density at radius 2 is 2.15 bits per heavy atom. The molecule has 0 saturated carbocycles. The van der Waals surface area contributed by atoms with Crippen molar-refractivity contribution in [2.45, 2.75) is 4.90 Å². The zero-order valence-corrected chi connectivity index (χ0v) is 9.94. The summed E-state index contributed by atoms with van der Waals surface area (Å²) in [5, 5.41) is 1.55. The molecule has 0 unspecified atom stereocenters. The van der Waals surface area contributed by atoms with E-state index in [0.717, 1.165) is 10.6 Å². The van der Waals surface area contributed by atoms with E-state index in [2.05, 4.69) is 4.98 Å². The van der Waals surface area contributed by atoms with Crippen molar-refractivity contribution in [3.05, 3.63) is 24.5 Å². The van der Waals surface area contributed by atoms with Gasteiger partial charge in [0.05, 0.1) is 0 Å². The number of pyridine rings is 1. The van der Waals surface area contributed by atoms with Crippen LogP contribution in [-0.2, 0) is 0 Å². The van der Waals surface area contributed by atoms with Gasteiger partial charge in [-0.25, -0.2) is 0 Å². The van der Waals surface area contributed by atoms with Gasteiger partial charge in [-0.15, -0.1) is 0 Å². The van der Waals surface area contributed by atoms with E-state index in [0.29, 0.717) is 0 Å². The van der Waals surface area contributed by atoms with Crippen LogP contribution in [0.3, 0.4) is 0 Å². The molecule has 0 saturated heterocycles. The van der Waals surface area contributed by atoms with Crippen molar-refractivity contribution < 1.29 is 0 Å². The molecule has 0 spiro atoms. The molecule has 1 rings (SSSR count). The van der Waals surface area contributed by atoms with Crippen molar-refractivity contribution in [1.29, 1.82) is 0 Å². The van der Waals surface area contributed by atoms with Gasteiger partial charge in [-0.2, -0.15) is 0 Å². The minimum absolute atomic E-state index is 0.797. The fraction of sp³-hybridized carbons (Fsp3) is 0.125. The highest BCUT2D eigenvalue weighted by Gasteiger charge is 1.95. The smallest absolute Gasteiger partial charge is 0.0403 e. The van der Waals surface area contributed by atoms with Gasteiger partial charge in [-0.1, -0.05) is 46.0 Å². The highest BCUT2D eigenvalue weighted by atomic mass is 33.1. The Morgan fingerprint density at radius 1 is 1.46 bits per heavy atom. The minimum Gasteiger partial charge on any atom is -0.265 e. The van der Waals surface area contributed by atoms with E-state index < -0.39 is 0 Å². The normalized spacial score (nSPS) is 9.54. The Labute approximate surface area is 96.1 Å². The highest BCUT2D eigenvalue weighted by molar-refractivity contribution is 8.77. The maximum atomic E-state index is 4.96. The van der Waals surface area contributed by atoms with Gasteiger partial charge in [0, 0.05) is 33.3 Å². The SMILES string of the molecule is S=CC(=S)CSSc1ccncc1. The lowest BCUT2D eigenvalue weighted by Crippen LogP contribution is -1.95. The van der Waals surface area contributed by atoms with E-state index in [-0.39, 0.29) is 0 Å². The van der Waals surface area contributed by atoms with Gasteiger partial charge in [0.2, 0.25) is 0 Å². The monoisotopic (exact) mass is 245 g/mol. The average molecular weight is 245 g/mol. The third-order valence-electron chi connectivity index (χ3n) is 1.14. The Kier molecular flexibility index (Phi) is 5.54. The molecule has 0 bridgehead atoms. The molecular weight excluding hydrogens is 238 g/mol. The molecule has 68 valence electrons. The summed E-state index contributed by atoms with van der Waals surface area (Å²) >= 11 is 9.67. The van der Waals surface area contributed by atoms with Gasteiger partial charge in [-0.3, -0.25) is 4.98 Å². The highest BCUT2D eigenvalue weighted by Crippen LogP contribution is 2.29. The van der Waals surface area contributed by atoms with E-state index in [1.54, 1.807) is 39.3 Å². The summed E-state index contributed by atoms with van der Waals surface area (Å²) in [4.78, 5) is 5.94. The Hall–Kier alpha value is 0.0300. The zero-order valence-electron chi connectivity index (χ0n) is 6.67. The molecule has 13 heavy (non-hydrogen) atoms. The summed E-state index contributed by atoms with van der Waals surface area (Å²) in [5.41, 5.74) is 0. The second-order valence-corrected chi connectivity index (χ2v) is 5.24. The third kappa shape index (κ3) is 4.71. The summed E-state index contributed by atoms with van der Waals surface area (Å²) in [6, 6.07) is 3.94. The fourth-order valence-electron chi connectivity index (χ4n) is 0.583. The van der Waals surface area contributed by atoms with Crippen molar-refractivity contribution in [2.75, 3.05) is 5.75 Å². The summed E-state index contributed by atoms with van der Waals surface area (Å²) < 4.78 is 0. The van der Waals surface area contributed by atoms with Gasteiger partial charge < -0.3 is 0 Å². The number of thiocarbonyl (C=S) groups is 2. The Morgan fingerprint density at radius 3 is 2.77 bits per heavy atom. The van der Waals surface area contributed by atoms with E-state index in [1.165, 1.54) is 4.90 Å². The van der Waals surface area contributed by atoms with Crippen molar-refractivity contribution in [3.63, 3.8) is 0 Å². The third-order valence-corrected chi connectivity index (χ3v) is 4.31. The van der Waals surface area contributed by atoms with Crippen molar-refractivity contribution >= 4 is 56.3 Å². The molecule has 0 fully saturated rings. The van der Waals surface area contributed by atoms with Crippen LogP contribution in [0.1, 0.15) is 0 Å². The van der Waals surface area contributed by atoms with Crippen LogP contribution in [0.5, 0.6) is 0 Å². The molecule has 0 atom stereocenters. The topological polar surface area (TPSA) is 12.9 Å². The van der Waals surface area contributed by atoms with Crippen molar-refractivity contribution in [1.82, 2.24) is 4.98 Å². The first kappa shape index (κ1) is 11.1. The summed E-state index contributed by atoms with van der Waals surface area (Å²) in [6.45, 7) is 0. The minimum atomic E-state index is 0.797. The van der Waals surface area contributed by atoms with Crippen LogP contribution in [0.4, 0.5) is 0 Å². The molecule has 1 aromatic heterocycles. The van der Waals surface area contributed by atoms with Gasteiger partial charge in [0.15, 0.2) is 0 Å². The second kappa shape index (κ2) is 6.48. The lowest BCUT2D eigenvalue weighted by molar-refractivity contribution is 1.27. The van der Waals surface area contributed by atoms with Gasteiger partial charge >= 0.3 is 0 Å². The molecule has 0 aromatic carbocycles. The Balaban J connectivity index is 2.28. The molecule has 0 amide bonds. The Bertz CT molecular complexity index is 285. The summed E-state index contributed by atoms with van der Waals surface area (Å²) in [5.74, 6) is 0.797. The molecule has 0 aliphatic carbocycles. The van der Waals surface area contributed by atoms with Gasteiger partial charge in [0.1, 0.15) is 0 Å². The van der Waals surface area contributed by atoms with Gasteiger partial charge in [0.25, 0.3) is 0 Å². The number of hydrogen-bond acceptors (Lipinski definition) is 5. The quantitative estimate of drug-likeness (QED) is 0.582. The molecule has 0 aliphatic rings. The predicted molar refractivity (Wildman–Crippen MR) is 68.8 cm³/mol. The van der Waals surface area contributed by atoms with E-state index in [9.17, 15) is 0 Å². The largest absolute Gasteiger partial charge is 0.265 e. The summed E-state index contributed by atoms with van der Waals surface area (Å²) in [6.07, 6.45) is 3.56. The molecule has 0 N–H and O–H groups in total. The van der Waals surface area contributed by atoms with Crippen LogP contribution in [0.2, 0.25) is 0 Å². The van der Waals surface area contributed by atoms with Crippen LogP contribution in [-0.4, -0.2) is 21.0 Å². The first-order valence-electron chi connectivity index (χ1n) is 3.50. The number of rotatable bonds is 5. The lowest BCUT2D eigenvalue weighted by atomic mass is 10.5. The molecule has 5 heteroatoms. The lowest BCUT2D eigenvalue weighted by Gasteiger charge is -1.98. The molecule has 0 radical (unpaired) electrons. The molecular formula is C8H7NS4. The number of hydrogen-bond donors (Lipinski definition) is 0. The molecule has 1 nitrogen and oxygen atoms in total. The number of nitrogens with zero attached hydrogens (tertiary/aromatic N) is 1. The maximum Gasteiger partial charge on any atom is 0.0403 e. The van der Waals surface area contributed by atoms with Crippen LogP contribution < -0.4 is 0 Å². The van der Waals surface area contributed by atoms with Crippen molar-refractivity contribution in [2.24, 2.45) is 0 Å².